The van der Waals surface area contributed by atoms with Crippen molar-refractivity contribution in [2.45, 2.75) is 32.8 Å². The van der Waals surface area contributed by atoms with Crippen LogP contribution in [-0.4, -0.2) is 73.3 Å². The summed E-state index contributed by atoms with van der Waals surface area (Å²) in [7, 11) is -1.53. The van der Waals surface area contributed by atoms with Gasteiger partial charge in [0.15, 0.2) is 5.96 Å². The lowest BCUT2D eigenvalue weighted by Crippen LogP contribution is -2.34. The Balaban J connectivity index is 0.00000900. The number of guanidine groups is 1. The third kappa shape index (κ3) is 17.1. The molecule has 0 aliphatic carbocycles. The van der Waals surface area contributed by atoms with Gasteiger partial charge in [-0.15, -0.1) is 24.0 Å². The predicted molar refractivity (Wildman–Crippen MR) is 136 cm³/mol. The van der Waals surface area contributed by atoms with E-state index in [1.165, 1.54) is 0 Å². The van der Waals surface area contributed by atoms with Crippen molar-refractivity contribution >= 4 is 45.6 Å². The predicted octanol–water partition coefficient (Wildman–Crippen LogP) is 2.44. The lowest BCUT2D eigenvalue weighted by molar-refractivity contribution is 0.0702. The van der Waals surface area contributed by atoms with Crippen LogP contribution in [0.25, 0.3) is 0 Å². The van der Waals surface area contributed by atoms with Crippen LogP contribution in [0.2, 0.25) is 0 Å². The zero-order valence-corrected chi connectivity index (χ0v) is 22.0. The number of methoxy groups -OCH3 is 1. The molecule has 0 heterocycles. The van der Waals surface area contributed by atoms with Gasteiger partial charge in [0.05, 0.1) is 25.6 Å². The molecule has 180 valence electrons. The van der Waals surface area contributed by atoms with Gasteiger partial charge in [-0.1, -0.05) is 0 Å². The summed E-state index contributed by atoms with van der Waals surface area (Å²) in [5.74, 6) is 1.44. The van der Waals surface area contributed by atoms with Crippen molar-refractivity contribution in [3.8, 4) is 5.75 Å². The van der Waals surface area contributed by atoms with E-state index in [2.05, 4.69) is 20.3 Å². The van der Waals surface area contributed by atoms with Crippen LogP contribution in [0.1, 0.15) is 26.7 Å². The average Bonchev–Trinajstić information content (AvgIpc) is 2.67. The maximum absolute atomic E-state index is 11.1. The molecule has 0 saturated carbocycles. The third-order valence-electron chi connectivity index (χ3n) is 3.65. The molecular weight excluding hydrogens is 535 g/mol. The van der Waals surface area contributed by atoms with Crippen molar-refractivity contribution in [3.05, 3.63) is 24.3 Å². The number of nitrogens with one attached hydrogen (secondary N) is 3. The molecule has 0 aliphatic rings. The van der Waals surface area contributed by atoms with Crippen LogP contribution in [0, 0.1) is 0 Å². The second-order valence-corrected chi connectivity index (χ2v) is 8.78. The summed E-state index contributed by atoms with van der Waals surface area (Å²) in [6.45, 7) is 7.27. The van der Waals surface area contributed by atoms with Gasteiger partial charge in [0.1, 0.15) is 5.75 Å². The van der Waals surface area contributed by atoms with Gasteiger partial charge in [-0.3, -0.25) is 4.99 Å². The van der Waals surface area contributed by atoms with E-state index in [1.54, 1.807) is 7.11 Å². The van der Waals surface area contributed by atoms with E-state index < -0.39 is 10.0 Å². The summed E-state index contributed by atoms with van der Waals surface area (Å²) in [4.78, 5) is 4.57. The molecule has 0 atom stereocenters. The maximum Gasteiger partial charge on any atom is 0.208 e. The molecule has 0 amide bonds. The van der Waals surface area contributed by atoms with Crippen LogP contribution in [0.3, 0.4) is 0 Å². The topological polar surface area (TPSA) is 110 Å². The van der Waals surface area contributed by atoms with Crippen molar-refractivity contribution < 1.29 is 22.6 Å². The standard InChI is InChI=1S/C20H36N4O5S.HI/c1-17(2)29-19-9-7-18(8-10-19)24-20(21-11-5-13-23-30(4,25)26)22-12-6-14-28-16-15-27-3;/h7-10,17,23H,5-6,11-16H2,1-4H3,(H2,21,22,24);1H. The molecular formula is C20H37IN4O5S. The largest absolute Gasteiger partial charge is 0.491 e. The number of sulfonamides is 1. The molecule has 1 rings (SSSR count). The first kappa shape index (κ1) is 29.9. The lowest BCUT2D eigenvalue weighted by Gasteiger charge is -2.14. The highest BCUT2D eigenvalue weighted by atomic mass is 127. The summed E-state index contributed by atoms with van der Waals surface area (Å²) in [6, 6.07) is 7.65. The van der Waals surface area contributed by atoms with Gasteiger partial charge in [-0.2, -0.15) is 0 Å². The van der Waals surface area contributed by atoms with Crippen LogP contribution in [-0.2, 0) is 19.5 Å². The van der Waals surface area contributed by atoms with Crippen molar-refractivity contribution in [2.75, 3.05) is 58.1 Å². The minimum Gasteiger partial charge on any atom is -0.491 e. The fourth-order valence-electron chi connectivity index (χ4n) is 2.32. The maximum atomic E-state index is 11.1. The second kappa shape index (κ2) is 17.4. The molecule has 0 saturated heterocycles. The summed E-state index contributed by atoms with van der Waals surface area (Å²) >= 11 is 0. The van der Waals surface area contributed by atoms with Gasteiger partial charge >= 0.3 is 0 Å². The SMILES string of the molecule is COCCOCCCN=C(NCCCNS(C)(=O)=O)Nc1ccc(OC(C)C)cc1.I. The fourth-order valence-corrected chi connectivity index (χ4v) is 2.84. The zero-order valence-electron chi connectivity index (χ0n) is 18.8. The van der Waals surface area contributed by atoms with Crippen LogP contribution >= 0.6 is 24.0 Å². The Morgan fingerprint density at radius 1 is 1.06 bits per heavy atom. The lowest BCUT2D eigenvalue weighted by atomic mass is 10.3. The number of hydrogen-bond donors (Lipinski definition) is 3. The number of halogens is 1. The molecule has 31 heavy (non-hydrogen) atoms. The van der Waals surface area contributed by atoms with E-state index in [0.717, 1.165) is 24.1 Å². The van der Waals surface area contributed by atoms with Gasteiger partial charge in [0, 0.05) is 39.0 Å². The number of aliphatic imine (C=N–C) groups is 1. The Kier molecular flexibility index (Phi) is 16.8. The van der Waals surface area contributed by atoms with Crippen LogP contribution in [0.5, 0.6) is 5.75 Å². The van der Waals surface area contributed by atoms with Gasteiger partial charge < -0.3 is 24.8 Å². The first-order chi connectivity index (χ1) is 14.3. The Hall–Kier alpha value is -1.15. The first-order valence-electron chi connectivity index (χ1n) is 10.1. The molecule has 3 N–H and O–H groups in total. The summed E-state index contributed by atoms with van der Waals surface area (Å²) in [5, 5.41) is 6.49. The number of ether oxygens (including phenoxy) is 3. The molecule has 0 radical (unpaired) electrons. The number of hydrogen-bond acceptors (Lipinski definition) is 6. The molecule has 0 bridgehead atoms. The first-order valence-corrected chi connectivity index (χ1v) is 12.0. The molecule has 0 aliphatic heterocycles. The van der Waals surface area contributed by atoms with Crippen LogP contribution in [0.15, 0.2) is 29.3 Å². The Bertz CT molecular complexity index is 715. The Labute approximate surface area is 203 Å². The van der Waals surface area contributed by atoms with Crippen molar-refractivity contribution in [1.82, 2.24) is 10.0 Å². The van der Waals surface area contributed by atoms with Crippen molar-refractivity contribution in [1.29, 1.82) is 0 Å². The highest BCUT2D eigenvalue weighted by molar-refractivity contribution is 14.0. The molecule has 1 aromatic rings. The van der Waals surface area contributed by atoms with Crippen LogP contribution < -0.4 is 20.1 Å². The highest BCUT2D eigenvalue weighted by Crippen LogP contribution is 2.16. The highest BCUT2D eigenvalue weighted by Gasteiger charge is 2.03. The van der Waals surface area contributed by atoms with E-state index in [-0.39, 0.29) is 30.1 Å². The summed E-state index contributed by atoms with van der Waals surface area (Å²) in [6.07, 6.45) is 2.69. The quantitative estimate of drug-likeness (QED) is 0.128. The third-order valence-corrected chi connectivity index (χ3v) is 4.38. The van der Waals surface area contributed by atoms with Gasteiger partial charge in [-0.05, 0) is 51.0 Å². The number of anilines is 1. The average molecular weight is 573 g/mol. The van der Waals surface area contributed by atoms with Gasteiger partial charge in [-0.25, -0.2) is 13.1 Å². The van der Waals surface area contributed by atoms with Crippen LogP contribution in [0.4, 0.5) is 5.69 Å². The van der Waals surface area contributed by atoms with Crippen molar-refractivity contribution in [3.63, 3.8) is 0 Å². The van der Waals surface area contributed by atoms with E-state index in [0.29, 0.717) is 51.8 Å². The molecule has 11 heteroatoms. The zero-order chi connectivity index (χ0) is 22.2. The van der Waals surface area contributed by atoms with Gasteiger partial charge in [0.25, 0.3) is 0 Å². The summed E-state index contributed by atoms with van der Waals surface area (Å²) in [5.41, 5.74) is 0.878. The molecule has 0 fully saturated rings. The van der Waals surface area contributed by atoms with E-state index in [1.807, 2.05) is 38.1 Å². The molecule has 0 aromatic heterocycles. The number of rotatable bonds is 15. The van der Waals surface area contributed by atoms with E-state index in [4.69, 9.17) is 14.2 Å². The minimum atomic E-state index is -3.17. The molecule has 0 unspecified atom stereocenters. The monoisotopic (exact) mass is 572 g/mol. The molecule has 1 aromatic carbocycles. The fraction of sp³-hybridized carbons (Fsp3) is 0.650. The molecule has 9 nitrogen and oxygen atoms in total. The van der Waals surface area contributed by atoms with Crippen molar-refractivity contribution in [2.24, 2.45) is 4.99 Å². The Morgan fingerprint density at radius 3 is 2.39 bits per heavy atom. The Morgan fingerprint density at radius 2 is 1.77 bits per heavy atom. The van der Waals surface area contributed by atoms with Gasteiger partial charge in [0.2, 0.25) is 10.0 Å². The number of nitrogens with zero attached hydrogens (tertiary/aromatic N) is 1. The van der Waals surface area contributed by atoms with E-state index >= 15 is 0 Å². The van der Waals surface area contributed by atoms with E-state index in [9.17, 15) is 8.42 Å². The smallest absolute Gasteiger partial charge is 0.208 e. The normalized spacial score (nSPS) is 11.8. The summed E-state index contributed by atoms with van der Waals surface area (Å²) < 4.78 is 40.8. The minimum absolute atomic E-state index is 0. The molecule has 0 spiro atoms. The number of benzene rings is 1. The second-order valence-electron chi connectivity index (χ2n) is 6.95.